The van der Waals surface area contributed by atoms with Gasteiger partial charge in [-0.05, 0) is 37.5 Å². The second-order valence-corrected chi connectivity index (χ2v) is 6.33. The first-order valence-corrected chi connectivity index (χ1v) is 8.00. The quantitative estimate of drug-likeness (QED) is 0.660. The third-order valence-corrected chi connectivity index (χ3v) is 4.61. The van der Waals surface area contributed by atoms with E-state index in [-0.39, 0.29) is 12.1 Å². The summed E-state index contributed by atoms with van der Waals surface area (Å²) in [5.74, 6) is 1.43. The largest absolute Gasteiger partial charge is 0.391 e. The second kappa shape index (κ2) is 9.72. The van der Waals surface area contributed by atoms with Gasteiger partial charge in [0.2, 0.25) is 0 Å². The molecule has 1 aliphatic carbocycles. The van der Waals surface area contributed by atoms with E-state index in [0.29, 0.717) is 5.92 Å². The maximum absolute atomic E-state index is 10.4. The molecule has 0 bridgehead atoms. The van der Waals surface area contributed by atoms with Crippen LogP contribution in [0.4, 0.5) is 0 Å². The molecule has 1 N–H and O–H groups in total. The molecule has 1 aliphatic rings. The highest BCUT2D eigenvalue weighted by molar-refractivity contribution is 4.87. The van der Waals surface area contributed by atoms with Crippen LogP contribution < -0.4 is 0 Å². The molecule has 0 aliphatic heterocycles. The summed E-state index contributed by atoms with van der Waals surface area (Å²) in [4.78, 5) is 2.40. The molecule has 4 nitrogen and oxygen atoms in total. The van der Waals surface area contributed by atoms with E-state index in [4.69, 9.17) is 9.47 Å². The third-order valence-electron chi connectivity index (χ3n) is 4.61. The molecule has 4 heteroatoms. The number of rotatable bonds is 9. The zero-order chi connectivity index (χ0) is 15.0. The number of aliphatic hydroxyl groups is 1. The van der Waals surface area contributed by atoms with E-state index < -0.39 is 0 Å². The lowest BCUT2D eigenvalue weighted by molar-refractivity contribution is -0.0152. The lowest BCUT2D eigenvalue weighted by atomic mass is 9.77. The predicted molar refractivity (Wildman–Crippen MR) is 81.9 cm³/mol. The highest BCUT2D eigenvalue weighted by Crippen LogP contribution is 2.32. The molecular weight excluding hydrogens is 254 g/mol. The fraction of sp³-hybridized carbons (Fsp3) is 1.00. The topological polar surface area (TPSA) is 41.9 Å². The summed E-state index contributed by atoms with van der Waals surface area (Å²) in [6, 6.07) is 0.281. The fourth-order valence-electron chi connectivity index (χ4n) is 3.22. The average Bonchev–Trinajstić information content (AvgIpc) is 2.43. The molecule has 1 rings (SSSR count). The maximum Gasteiger partial charge on any atom is 0.0695 e. The Hall–Kier alpha value is -0.160. The van der Waals surface area contributed by atoms with Gasteiger partial charge in [0.05, 0.1) is 12.7 Å². The molecule has 0 spiro atoms. The van der Waals surface area contributed by atoms with Gasteiger partial charge in [-0.25, -0.2) is 0 Å². The highest BCUT2D eigenvalue weighted by atomic mass is 16.5. The van der Waals surface area contributed by atoms with Gasteiger partial charge in [-0.2, -0.15) is 0 Å². The lowest BCUT2D eigenvalue weighted by Gasteiger charge is -2.42. The van der Waals surface area contributed by atoms with Crippen LogP contribution >= 0.6 is 0 Å². The first kappa shape index (κ1) is 17.9. The van der Waals surface area contributed by atoms with Crippen molar-refractivity contribution in [2.45, 2.75) is 51.7 Å². The van der Waals surface area contributed by atoms with E-state index >= 15 is 0 Å². The van der Waals surface area contributed by atoms with Gasteiger partial charge in [-0.15, -0.1) is 0 Å². The first-order chi connectivity index (χ1) is 9.60. The van der Waals surface area contributed by atoms with Crippen molar-refractivity contribution >= 4 is 0 Å². The van der Waals surface area contributed by atoms with Crippen LogP contribution in [-0.2, 0) is 9.47 Å². The monoisotopic (exact) mass is 287 g/mol. The van der Waals surface area contributed by atoms with Crippen LogP contribution in [0.25, 0.3) is 0 Å². The van der Waals surface area contributed by atoms with Crippen LogP contribution in [0.3, 0.4) is 0 Å². The van der Waals surface area contributed by atoms with Gasteiger partial charge in [-0.3, -0.25) is 4.90 Å². The summed E-state index contributed by atoms with van der Waals surface area (Å²) in [5.41, 5.74) is 0. The molecule has 0 radical (unpaired) electrons. The van der Waals surface area contributed by atoms with Crippen LogP contribution in [0.15, 0.2) is 0 Å². The number of hydrogen-bond donors (Lipinski definition) is 1. The molecule has 0 aromatic heterocycles. The summed E-state index contributed by atoms with van der Waals surface area (Å²) in [6.07, 6.45) is 4.02. The van der Waals surface area contributed by atoms with Crippen LogP contribution in [0, 0.1) is 11.8 Å². The lowest BCUT2D eigenvalue weighted by Crippen LogP contribution is -2.49. The third kappa shape index (κ3) is 5.68. The Morgan fingerprint density at radius 2 is 1.80 bits per heavy atom. The summed E-state index contributed by atoms with van der Waals surface area (Å²) in [6.45, 7) is 7.96. The van der Waals surface area contributed by atoms with Crippen LogP contribution in [0.2, 0.25) is 0 Å². The van der Waals surface area contributed by atoms with Crippen molar-refractivity contribution in [3.8, 4) is 0 Å². The van der Waals surface area contributed by atoms with E-state index in [9.17, 15) is 5.11 Å². The molecule has 1 saturated carbocycles. The average molecular weight is 287 g/mol. The summed E-state index contributed by atoms with van der Waals surface area (Å²) in [7, 11) is 3.48. The Kier molecular flexibility index (Phi) is 8.69. The number of ether oxygens (including phenoxy) is 2. The molecule has 0 heterocycles. The molecule has 3 atom stereocenters. The van der Waals surface area contributed by atoms with Crippen LogP contribution in [0.1, 0.15) is 39.5 Å². The van der Waals surface area contributed by atoms with E-state index in [1.54, 1.807) is 14.2 Å². The summed E-state index contributed by atoms with van der Waals surface area (Å²) in [5, 5.41) is 10.4. The Labute approximate surface area is 124 Å². The number of aliphatic hydroxyl groups excluding tert-OH is 1. The SMILES string of the molecule is COCCCN(CCOC)C1CC(C(C)C)CCC1O. The highest BCUT2D eigenvalue weighted by Gasteiger charge is 2.34. The molecule has 120 valence electrons. The van der Waals surface area contributed by atoms with Gasteiger partial charge in [0, 0.05) is 40.0 Å². The fourth-order valence-corrected chi connectivity index (χ4v) is 3.22. The van der Waals surface area contributed by atoms with Crippen LogP contribution in [-0.4, -0.2) is 62.7 Å². The Bertz CT molecular complexity index is 248. The Morgan fingerprint density at radius 3 is 2.40 bits per heavy atom. The van der Waals surface area contributed by atoms with E-state index in [1.165, 1.54) is 0 Å². The second-order valence-electron chi connectivity index (χ2n) is 6.33. The standard InChI is InChI=1S/C16H33NO3/c1-13(2)14-6-7-16(18)15(12-14)17(9-11-20-4)8-5-10-19-3/h13-16,18H,5-12H2,1-4H3. The van der Waals surface area contributed by atoms with Gasteiger partial charge in [-0.1, -0.05) is 13.8 Å². The van der Waals surface area contributed by atoms with Gasteiger partial charge in [0.15, 0.2) is 0 Å². The minimum absolute atomic E-state index is 0.190. The van der Waals surface area contributed by atoms with Gasteiger partial charge < -0.3 is 14.6 Å². The van der Waals surface area contributed by atoms with Crippen molar-refractivity contribution in [2.24, 2.45) is 11.8 Å². The molecule has 1 fully saturated rings. The summed E-state index contributed by atoms with van der Waals surface area (Å²) < 4.78 is 10.4. The molecule has 0 saturated heterocycles. The van der Waals surface area contributed by atoms with Crippen molar-refractivity contribution in [2.75, 3.05) is 40.5 Å². The zero-order valence-corrected chi connectivity index (χ0v) is 13.7. The van der Waals surface area contributed by atoms with Crippen LogP contribution in [0.5, 0.6) is 0 Å². The predicted octanol–water partition coefficient (Wildman–Crippen LogP) is 2.16. The molecule has 3 unspecified atom stereocenters. The van der Waals surface area contributed by atoms with Crippen molar-refractivity contribution in [1.82, 2.24) is 4.90 Å². The molecule has 0 aromatic carbocycles. The van der Waals surface area contributed by atoms with Crippen molar-refractivity contribution in [3.63, 3.8) is 0 Å². The van der Waals surface area contributed by atoms with Crippen molar-refractivity contribution in [3.05, 3.63) is 0 Å². The summed E-state index contributed by atoms with van der Waals surface area (Å²) >= 11 is 0. The smallest absolute Gasteiger partial charge is 0.0695 e. The Balaban J connectivity index is 2.59. The van der Waals surface area contributed by atoms with Gasteiger partial charge in [0.25, 0.3) is 0 Å². The van der Waals surface area contributed by atoms with E-state index in [0.717, 1.165) is 57.9 Å². The minimum Gasteiger partial charge on any atom is -0.391 e. The van der Waals surface area contributed by atoms with E-state index in [2.05, 4.69) is 18.7 Å². The Morgan fingerprint density at radius 1 is 1.10 bits per heavy atom. The van der Waals surface area contributed by atoms with E-state index in [1.807, 2.05) is 0 Å². The van der Waals surface area contributed by atoms with Crippen molar-refractivity contribution < 1.29 is 14.6 Å². The van der Waals surface area contributed by atoms with Gasteiger partial charge >= 0.3 is 0 Å². The molecule has 0 amide bonds. The maximum atomic E-state index is 10.4. The molecular formula is C16H33NO3. The number of hydrogen-bond acceptors (Lipinski definition) is 4. The first-order valence-electron chi connectivity index (χ1n) is 8.00. The van der Waals surface area contributed by atoms with Gasteiger partial charge in [0.1, 0.15) is 0 Å². The zero-order valence-electron chi connectivity index (χ0n) is 13.7. The van der Waals surface area contributed by atoms with Crippen molar-refractivity contribution in [1.29, 1.82) is 0 Å². The minimum atomic E-state index is -0.190. The molecule has 20 heavy (non-hydrogen) atoms. The number of nitrogens with zero attached hydrogens (tertiary/aromatic N) is 1. The number of methoxy groups -OCH3 is 2. The normalized spacial score (nSPS) is 27.4. The molecule has 0 aromatic rings.